The van der Waals surface area contributed by atoms with Crippen LogP contribution in [0, 0.1) is 17.4 Å². The average Bonchev–Trinajstić information content (AvgIpc) is 2.78. The van der Waals surface area contributed by atoms with E-state index >= 15 is 0 Å². The van der Waals surface area contributed by atoms with Crippen molar-refractivity contribution >= 4 is 51.3 Å². The number of carbonyl (C=O) groups excluding carboxylic acids is 2. The van der Waals surface area contributed by atoms with E-state index in [2.05, 4.69) is 27.9 Å². The van der Waals surface area contributed by atoms with Crippen molar-refractivity contribution < 1.29 is 9.59 Å². The number of nitrogens with one attached hydrogen (secondary N) is 1. The van der Waals surface area contributed by atoms with Gasteiger partial charge < -0.3 is 5.32 Å². The predicted octanol–water partition coefficient (Wildman–Crippen LogP) is 4.57. The smallest absolute Gasteiger partial charge is 0.224 e. The number of ketones is 1. The highest BCUT2D eigenvalue weighted by Crippen LogP contribution is 2.22. The molecule has 0 atom stereocenters. The molecule has 0 aliphatic rings. The first-order valence-corrected chi connectivity index (χ1v) is 8.51. The Balaban J connectivity index is 1.88. The van der Waals surface area contributed by atoms with E-state index in [1.807, 2.05) is 44.2 Å². The van der Waals surface area contributed by atoms with Gasteiger partial charge in [0, 0.05) is 37.4 Å². The first kappa shape index (κ1) is 16.2. The van der Waals surface area contributed by atoms with E-state index in [1.165, 1.54) is 0 Å². The van der Waals surface area contributed by atoms with Crippen LogP contribution in [0.4, 0.5) is 5.69 Å². The number of hydrogen-bond donors (Lipinski definition) is 1. The molecule has 1 amide bonds. The molecule has 2 aromatic rings. The second kappa shape index (κ2) is 7.17. The van der Waals surface area contributed by atoms with Crippen molar-refractivity contribution in [3.05, 3.63) is 49.2 Å². The summed E-state index contributed by atoms with van der Waals surface area (Å²) < 4.78 is 1.11. The standard InChI is InChI=1S/C16H16INO2S/c1-10-9-14(11(2)21-10)15(19)7-8-16(20)18-13-5-3-12(17)4-6-13/h3-6,9H,7-8H2,1-2H3,(H,18,20). The monoisotopic (exact) mass is 413 g/mol. The molecule has 0 saturated heterocycles. The van der Waals surface area contributed by atoms with Gasteiger partial charge in [0.25, 0.3) is 0 Å². The largest absolute Gasteiger partial charge is 0.326 e. The van der Waals surface area contributed by atoms with Gasteiger partial charge in [-0.2, -0.15) is 0 Å². The highest BCUT2D eigenvalue weighted by atomic mass is 127. The van der Waals surface area contributed by atoms with Gasteiger partial charge in [-0.1, -0.05) is 0 Å². The molecule has 110 valence electrons. The van der Waals surface area contributed by atoms with Gasteiger partial charge in [-0.3, -0.25) is 9.59 Å². The third-order valence-corrected chi connectivity index (χ3v) is 4.73. The van der Waals surface area contributed by atoms with Crippen LogP contribution in [-0.4, -0.2) is 11.7 Å². The van der Waals surface area contributed by atoms with Crippen LogP contribution in [0.1, 0.15) is 33.0 Å². The number of thiophene rings is 1. The fraction of sp³-hybridized carbons (Fsp3) is 0.250. The minimum atomic E-state index is -0.130. The van der Waals surface area contributed by atoms with Crippen molar-refractivity contribution in [1.29, 1.82) is 0 Å². The fourth-order valence-electron chi connectivity index (χ4n) is 2.03. The number of benzene rings is 1. The van der Waals surface area contributed by atoms with Crippen LogP contribution in [0.15, 0.2) is 30.3 Å². The number of anilines is 1. The third kappa shape index (κ3) is 4.64. The summed E-state index contributed by atoms with van der Waals surface area (Å²) in [6.45, 7) is 3.93. The van der Waals surface area contributed by atoms with Crippen LogP contribution in [-0.2, 0) is 4.79 Å². The average molecular weight is 413 g/mol. The molecule has 1 aromatic heterocycles. The SMILES string of the molecule is Cc1cc(C(=O)CCC(=O)Nc2ccc(I)cc2)c(C)s1. The van der Waals surface area contributed by atoms with Crippen LogP contribution in [0.25, 0.3) is 0 Å². The van der Waals surface area contributed by atoms with Crippen LogP contribution in [0.2, 0.25) is 0 Å². The lowest BCUT2D eigenvalue weighted by Crippen LogP contribution is -2.13. The summed E-state index contributed by atoms with van der Waals surface area (Å²) in [5.41, 5.74) is 1.51. The highest BCUT2D eigenvalue weighted by Gasteiger charge is 2.13. The molecule has 21 heavy (non-hydrogen) atoms. The van der Waals surface area contributed by atoms with E-state index in [1.54, 1.807) is 11.3 Å². The van der Waals surface area contributed by atoms with Crippen LogP contribution in [0.3, 0.4) is 0 Å². The van der Waals surface area contributed by atoms with Crippen LogP contribution >= 0.6 is 33.9 Å². The molecular weight excluding hydrogens is 397 g/mol. The number of amides is 1. The highest BCUT2D eigenvalue weighted by molar-refractivity contribution is 14.1. The maximum atomic E-state index is 12.1. The molecule has 0 bridgehead atoms. The Bertz CT molecular complexity index is 661. The molecule has 0 saturated carbocycles. The first-order valence-electron chi connectivity index (χ1n) is 6.61. The van der Waals surface area contributed by atoms with Gasteiger partial charge in [0.15, 0.2) is 5.78 Å². The van der Waals surface area contributed by atoms with E-state index in [4.69, 9.17) is 0 Å². The second-order valence-corrected chi connectivity index (χ2v) is 7.51. The Labute approximate surface area is 141 Å². The predicted molar refractivity (Wildman–Crippen MR) is 95.1 cm³/mol. The van der Waals surface area contributed by atoms with Gasteiger partial charge in [0.1, 0.15) is 0 Å². The Morgan fingerprint density at radius 1 is 1.14 bits per heavy atom. The lowest BCUT2D eigenvalue weighted by Gasteiger charge is -2.05. The molecule has 1 N–H and O–H groups in total. The number of hydrogen-bond acceptors (Lipinski definition) is 3. The van der Waals surface area contributed by atoms with Gasteiger partial charge >= 0.3 is 0 Å². The Hall–Kier alpha value is -1.21. The molecule has 5 heteroatoms. The zero-order valence-corrected chi connectivity index (χ0v) is 14.9. The van der Waals surface area contributed by atoms with Crippen LogP contribution in [0.5, 0.6) is 0 Å². The zero-order chi connectivity index (χ0) is 15.4. The molecule has 0 aliphatic carbocycles. The minimum absolute atomic E-state index is 0.0367. The van der Waals surface area contributed by atoms with Crippen molar-refractivity contribution in [2.45, 2.75) is 26.7 Å². The molecule has 0 spiro atoms. The first-order chi connectivity index (χ1) is 9.95. The number of aryl methyl sites for hydroxylation is 2. The summed E-state index contributed by atoms with van der Waals surface area (Å²) in [6.07, 6.45) is 0.451. The molecule has 1 heterocycles. The minimum Gasteiger partial charge on any atom is -0.326 e. The Morgan fingerprint density at radius 2 is 1.81 bits per heavy atom. The number of carbonyl (C=O) groups is 2. The van der Waals surface area contributed by atoms with Crippen molar-refractivity contribution in [3.8, 4) is 0 Å². The van der Waals surface area contributed by atoms with Gasteiger partial charge in [-0.15, -0.1) is 11.3 Å². The fourth-order valence-corrected chi connectivity index (χ4v) is 3.33. The topological polar surface area (TPSA) is 46.2 Å². The summed E-state index contributed by atoms with van der Waals surface area (Å²) in [6, 6.07) is 9.47. The van der Waals surface area contributed by atoms with E-state index in [0.29, 0.717) is 0 Å². The maximum absolute atomic E-state index is 12.1. The lowest BCUT2D eigenvalue weighted by atomic mass is 10.1. The number of Topliss-reactive ketones (excluding diaryl/α,β-unsaturated/α-hetero) is 1. The summed E-state index contributed by atoms with van der Waals surface area (Å²) in [7, 11) is 0. The van der Waals surface area contributed by atoms with E-state index in [-0.39, 0.29) is 24.5 Å². The molecule has 1 aromatic carbocycles. The van der Waals surface area contributed by atoms with E-state index in [0.717, 1.165) is 24.6 Å². The number of halogens is 1. The molecule has 0 aliphatic heterocycles. The van der Waals surface area contributed by atoms with E-state index in [9.17, 15) is 9.59 Å². The van der Waals surface area contributed by atoms with Gasteiger partial charge in [0.05, 0.1) is 0 Å². The molecule has 2 rings (SSSR count). The molecule has 0 unspecified atom stereocenters. The summed E-state index contributed by atoms with van der Waals surface area (Å²) in [5, 5.41) is 2.80. The summed E-state index contributed by atoms with van der Waals surface area (Å²) >= 11 is 3.82. The summed E-state index contributed by atoms with van der Waals surface area (Å²) in [5.74, 6) is -0.0937. The Kier molecular flexibility index (Phi) is 5.52. The van der Waals surface area contributed by atoms with Crippen molar-refractivity contribution in [1.82, 2.24) is 0 Å². The Morgan fingerprint density at radius 3 is 2.38 bits per heavy atom. The number of rotatable bonds is 5. The van der Waals surface area contributed by atoms with Gasteiger partial charge in [-0.25, -0.2) is 0 Å². The third-order valence-electron chi connectivity index (χ3n) is 3.05. The van der Waals surface area contributed by atoms with Gasteiger partial charge in [-0.05, 0) is 66.8 Å². The zero-order valence-electron chi connectivity index (χ0n) is 11.9. The molecule has 3 nitrogen and oxygen atoms in total. The molecule has 0 radical (unpaired) electrons. The maximum Gasteiger partial charge on any atom is 0.224 e. The van der Waals surface area contributed by atoms with Crippen molar-refractivity contribution in [3.63, 3.8) is 0 Å². The van der Waals surface area contributed by atoms with E-state index < -0.39 is 0 Å². The molecular formula is C16H16INO2S. The second-order valence-electron chi connectivity index (χ2n) is 4.81. The van der Waals surface area contributed by atoms with Gasteiger partial charge in [0.2, 0.25) is 5.91 Å². The summed E-state index contributed by atoms with van der Waals surface area (Å²) in [4.78, 5) is 26.1. The normalized spacial score (nSPS) is 10.4. The van der Waals surface area contributed by atoms with Crippen LogP contribution < -0.4 is 5.32 Å². The lowest BCUT2D eigenvalue weighted by molar-refractivity contribution is -0.116. The quantitative estimate of drug-likeness (QED) is 0.577. The molecule has 0 fully saturated rings. The van der Waals surface area contributed by atoms with Crippen molar-refractivity contribution in [2.24, 2.45) is 0 Å². The van der Waals surface area contributed by atoms with Crippen molar-refractivity contribution in [2.75, 3.05) is 5.32 Å².